The first-order chi connectivity index (χ1) is 5.74. The molecule has 2 atom stereocenters. The third-order valence-electron chi connectivity index (χ3n) is 2.22. The minimum absolute atomic E-state index is 0.0241. The molecule has 70 valence electrons. The van der Waals surface area contributed by atoms with Gasteiger partial charge in [-0.2, -0.15) is 0 Å². The van der Waals surface area contributed by atoms with Gasteiger partial charge < -0.3 is 15.8 Å². The molecule has 4 heteroatoms. The smallest absolute Gasteiger partial charge is 0.407 e. The number of ether oxygens (including phenoxy) is 1. The highest BCUT2D eigenvalue weighted by atomic mass is 16.6. The molecule has 1 aliphatic rings. The lowest BCUT2D eigenvalue weighted by atomic mass is 9.93. The topological polar surface area (TPSA) is 64.3 Å². The number of hydrogen-bond acceptors (Lipinski definition) is 3. The van der Waals surface area contributed by atoms with E-state index in [0.717, 1.165) is 25.7 Å². The summed E-state index contributed by atoms with van der Waals surface area (Å²) >= 11 is 0. The molecule has 0 bridgehead atoms. The number of amides is 1. The van der Waals surface area contributed by atoms with E-state index in [2.05, 4.69) is 5.32 Å². The average Bonchev–Trinajstić information content (AvgIpc) is 2.09. The maximum atomic E-state index is 10.8. The molecule has 0 saturated heterocycles. The fourth-order valence-corrected chi connectivity index (χ4v) is 1.47. The van der Waals surface area contributed by atoms with Gasteiger partial charge in [0, 0.05) is 13.1 Å². The van der Waals surface area contributed by atoms with Crippen molar-refractivity contribution in [1.82, 2.24) is 5.32 Å². The Morgan fingerprint density at radius 2 is 2.17 bits per heavy atom. The van der Waals surface area contributed by atoms with E-state index < -0.39 is 0 Å². The quantitative estimate of drug-likeness (QED) is 0.609. The Labute approximate surface area is 72.5 Å². The number of nitrogens with one attached hydrogen (secondary N) is 1. The molecule has 0 radical (unpaired) electrons. The molecule has 12 heavy (non-hydrogen) atoms. The Hall–Kier alpha value is -0.770. The van der Waals surface area contributed by atoms with Crippen molar-refractivity contribution in [2.45, 2.75) is 37.8 Å². The predicted molar refractivity (Wildman–Crippen MR) is 45.8 cm³/mol. The van der Waals surface area contributed by atoms with Gasteiger partial charge in [0.2, 0.25) is 0 Å². The minimum atomic E-state index is -0.377. The van der Waals surface area contributed by atoms with Gasteiger partial charge in [0.15, 0.2) is 0 Å². The first-order valence-corrected chi connectivity index (χ1v) is 4.38. The van der Waals surface area contributed by atoms with Crippen molar-refractivity contribution in [2.75, 3.05) is 7.05 Å². The zero-order valence-electron chi connectivity index (χ0n) is 7.38. The minimum Gasteiger partial charge on any atom is -0.445 e. The standard InChI is InChI=1S/C8H16N2O2/c1-10-8(11)12-7-5-3-2-4-6(7)9/h6-7H,2-5,9H2,1H3,(H,10,11). The van der Waals surface area contributed by atoms with Crippen LogP contribution in [0.2, 0.25) is 0 Å². The Kier molecular flexibility index (Phi) is 3.34. The summed E-state index contributed by atoms with van der Waals surface area (Å²) in [6.07, 6.45) is 3.65. The van der Waals surface area contributed by atoms with Crippen molar-refractivity contribution < 1.29 is 9.53 Å². The van der Waals surface area contributed by atoms with E-state index in [9.17, 15) is 4.79 Å². The van der Waals surface area contributed by atoms with Crippen LogP contribution < -0.4 is 11.1 Å². The van der Waals surface area contributed by atoms with E-state index in [1.54, 1.807) is 7.05 Å². The molecule has 2 unspecified atom stereocenters. The fraction of sp³-hybridized carbons (Fsp3) is 0.875. The second kappa shape index (κ2) is 4.30. The molecule has 0 aliphatic heterocycles. The number of rotatable bonds is 1. The van der Waals surface area contributed by atoms with Crippen LogP contribution in [0.3, 0.4) is 0 Å². The second-order valence-corrected chi connectivity index (χ2v) is 3.14. The molecule has 1 rings (SSSR count). The second-order valence-electron chi connectivity index (χ2n) is 3.14. The van der Waals surface area contributed by atoms with Gasteiger partial charge in [-0.3, -0.25) is 0 Å². The van der Waals surface area contributed by atoms with Gasteiger partial charge in [-0.25, -0.2) is 4.79 Å². The largest absolute Gasteiger partial charge is 0.445 e. The van der Waals surface area contributed by atoms with Crippen LogP contribution in [0.5, 0.6) is 0 Å². The van der Waals surface area contributed by atoms with Crippen molar-refractivity contribution in [2.24, 2.45) is 5.73 Å². The molecular weight excluding hydrogens is 156 g/mol. The Morgan fingerprint density at radius 1 is 1.50 bits per heavy atom. The molecule has 0 spiro atoms. The highest BCUT2D eigenvalue weighted by Gasteiger charge is 2.24. The molecule has 0 heterocycles. The van der Waals surface area contributed by atoms with Crippen LogP contribution in [0, 0.1) is 0 Å². The van der Waals surface area contributed by atoms with Crippen LogP contribution in [0.4, 0.5) is 4.79 Å². The first-order valence-electron chi connectivity index (χ1n) is 4.38. The lowest BCUT2D eigenvalue weighted by Crippen LogP contribution is -2.42. The molecular formula is C8H16N2O2. The van der Waals surface area contributed by atoms with E-state index in [1.807, 2.05) is 0 Å². The number of carbonyl (C=O) groups excluding carboxylic acids is 1. The van der Waals surface area contributed by atoms with Crippen molar-refractivity contribution >= 4 is 6.09 Å². The van der Waals surface area contributed by atoms with Crippen molar-refractivity contribution in [1.29, 1.82) is 0 Å². The van der Waals surface area contributed by atoms with Crippen LogP contribution in [0.25, 0.3) is 0 Å². The van der Waals surface area contributed by atoms with Gasteiger partial charge in [-0.1, -0.05) is 6.42 Å². The van der Waals surface area contributed by atoms with Crippen molar-refractivity contribution in [3.05, 3.63) is 0 Å². The third-order valence-corrected chi connectivity index (χ3v) is 2.22. The zero-order chi connectivity index (χ0) is 8.97. The Bertz CT molecular complexity index is 161. The molecule has 4 nitrogen and oxygen atoms in total. The van der Waals surface area contributed by atoms with E-state index in [1.165, 1.54) is 0 Å². The zero-order valence-corrected chi connectivity index (χ0v) is 7.38. The monoisotopic (exact) mass is 172 g/mol. The summed E-state index contributed by atoms with van der Waals surface area (Å²) in [7, 11) is 1.55. The average molecular weight is 172 g/mol. The summed E-state index contributed by atoms with van der Waals surface area (Å²) in [6.45, 7) is 0. The van der Waals surface area contributed by atoms with E-state index >= 15 is 0 Å². The number of alkyl carbamates (subject to hydrolysis) is 1. The molecule has 0 aromatic carbocycles. The summed E-state index contributed by atoms with van der Waals surface area (Å²) in [6, 6.07) is 0.0241. The number of nitrogens with two attached hydrogens (primary N) is 1. The molecule has 0 aromatic rings. The molecule has 3 N–H and O–H groups in total. The lowest BCUT2D eigenvalue weighted by molar-refractivity contribution is 0.0641. The highest BCUT2D eigenvalue weighted by Crippen LogP contribution is 2.19. The van der Waals surface area contributed by atoms with Gasteiger partial charge in [0.25, 0.3) is 0 Å². The predicted octanol–water partition coefficient (Wildman–Crippen LogP) is 0.612. The van der Waals surface area contributed by atoms with Gasteiger partial charge in [0.1, 0.15) is 6.10 Å². The Balaban J connectivity index is 2.33. The molecule has 1 fully saturated rings. The van der Waals surface area contributed by atoms with Crippen LogP contribution in [-0.2, 0) is 4.74 Å². The SMILES string of the molecule is CNC(=O)OC1CCCCC1N. The fourth-order valence-electron chi connectivity index (χ4n) is 1.47. The van der Waals surface area contributed by atoms with Gasteiger partial charge >= 0.3 is 6.09 Å². The van der Waals surface area contributed by atoms with Crippen LogP contribution in [0.15, 0.2) is 0 Å². The van der Waals surface area contributed by atoms with E-state index in [-0.39, 0.29) is 18.2 Å². The van der Waals surface area contributed by atoms with Gasteiger partial charge in [-0.05, 0) is 19.3 Å². The van der Waals surface area contributed by atoms with Gasteiger partial charge in [-0.15, -0.1) is 0 Å². The van der Waals surface area contributed by atoms with Crippen LogP contribution >= 0.6 is 0 Å². The maximum absolute atomic E-state index is 10.8. The van der Waals surface area contributed by atoms with E-state index in [0.29, 0.717) is 0 Å². The van der Waals surface area contributed by atoms with Crippen molar-refractivity contribution in [3.8, 4) is 0 Å². The number of carbonyl (C=O) groups is 1. The summed E-state index contributed by atoms with van der Waals surface area (Å²) < 4.78 is 5.08. The third kappa shape index (κ3) is 2.37. The van der Waals surface area contributed by atoms with Gasteiger partial charge in [0.05, 0.1) is 0 Å². The normalized spacial score (nSPS) is 29.5. The van der Waals surface area contributed by atoms with E-state index in [4.69, 9.17) is 10.5 Å². The molecule has 1 amide bonds. The van der Waals surface area contributed by atoms with Crippen LogP contribution in [-0.4, -0.2) is 25.3 Å². The summed E-state index contributed by atoms with van der Waals surface area (Å²) in [4.78, 5) is 10.8. The first kappa shape index (κ1) is 9.32. The summed E-state index contributed by atoms with van der Waals surface area (Å²) in [5.74, 6) is 0. The lowest BCUT2D eigenvalue weighted by Gasteiger charge is -2.27. The molecule has 1 saturated carbocycles. The maximum Gasteiger partial charge on any atom is 0.407 e. The number of hydrogen-bond donors (Lipinski definition) is 2. The summed E-state index contributed by atoms with van der Waals surface area (Å²) in [5, 5.41) is 2.42. The highest BCUT2D eigenvalue weighted by molar-refractivity contribution is 5.66. The van der Waals surface area contributed by atoms with Crippen LogP contribution in [0.1, 0.15) is 25.7 Å². The van der Waals surface area contributed by atoms with Crippen molar-refractivity contribution in [3.63, 3.8) is 0 Å². The molecule has 0 aromatic heterocycles. The summed E-state index contributed by atoms with van der Waals surface area (Å²) in [5.41, 5.74) is 5.78. The molecule has 1 aliphatic carbocycles. The Morgan fingerprint density at radius 3 is 2.75 bits per heavy atom.